The number of piperidine rings is 1. The summed E-state index contributed by atoms with van der Waals surface area (Å²) in [6.07, 6.45) is 1.82. The molecule has 3 nitrogen and oxygen atoms in total. The molecule has 0 amide bonds. The Balaban J connectivity index is 0.00000208. The van der Waals surface area contributed by atoms with Crippen molar-refractivity contribution in [2.45, 2.75) is 25.5 Å². The maximum absolute atomic E-state index is 12.1. The Kier molecular flexibility index (Phi) is 7.28. The highest BCUT2D eigenvalue weighted by atomic mass is 79.9. The Labute approximate surface area is 157 Å². The van der Waals surface area contributed by atoms with Crippen molar-refractivity contribution in [2.75, 3.05) is 13.1 Å². The van der Waals surface area contributed by atoms with Crippen LogP contribution in [-0.2, 0) is 11.3 Å². The number of carbonyl (C=O) groups excluding carboxylic acids is 1. The second kappa shape index (κ2) is 9.21. The normalized spacial score (nSPS) is 15.5. The maximum atomic E-state index is 12.1. The van der Waals surface area contributed by atoms with Gasteiger partial charge in [0.25, 0.3) is 0 Å². The lowest BCUT2D eigenvalue weighted by atomic mass is 10.1. The zero-order valence-electron chi connectivity index (χ0n) is 13.4. The largest absolute Gasteiger partial charge is 0.459 e. The van der Waals surface area contributed by atoms with Crippen molar-refractivity contribution in [2.24, 2.45) is 0 Å². The Morgan fingerprint density at radius 3 is 2.29 bits per heavy atom. The maximum Gasteiger partial charge on any atom is 0.338 e. The second-order valence-corrected chi connectivity index (χ2v) is 6.79. The first-order valence-corrected chi connectivity index (χ1v) is 8.73. The van der Waals surface area contributed by atoms with Crippen LogP contribution in [-0.4, -0.2) is 30.1 Å². The first kappa shape index (κ1) is 19.0. The van der Waals surface area contributed by atoms with E-state index in [1.807, 2.05) is 18.2 Å². The Morgan fingerprint density at radius 1 is 1.04 bits per heavy atom. The number of carbonyl (C=O) groups is 1. The van der Waals surface area contributed by atoms with E-state index in [-0.39, 0.29) is 24.5 Å². The Bertz CT molecular complexity index is 640. The molecule has 0 N–H and O–H groups in total. The van der Waals surface area contributed by atoms with E-state index in [0.29, 0.717) is 5.56 Å². The quantitative estimate of drug-likeness (QED) is 0.685. The van der Waals surface area contributed by atoms with Gasteiger partial charge in [-0.1, -0.05) is 46.3 Å². The molecule has 0 saturated carbocycles. The summed E-state index contributed by atoms with van der Waals surface area (Å²) in [4.78, 5) is 14.6. The van der Waals surface area contributed by atoms with Gasteiger partial charge < -0.3 is 4.74 Å². The van der Waals surface area contributed by atoms with Gasteiger partial charge in [-0.25, -0.2) is 4.79 Å². The summed E-state index contributed by atoms with van der Waals surface area (Å²) in [5, 5.41) is 0. The van der Waals surface area contributed by atoms with E-state index >= 15 is 0 Å². The van der Waals surface area contributed by atoms with Crippen LogP contribution in [0, 0.1) is 0 Å². The molecule has 1 aliphatic rings. The van der Waals surface area contributed by atoms with Crippen LogP contribution in [0.15, 0.2) is 59.1 Å². The average Bonchev–Trinajstić information content (AvgIpc) is 2.58. The third-order valence-corrected chi connectivity index (χ3v) is 4.67. The minimum atomic E-state index is -0.223. The smallest absolute Gasteiger partial charge is 0.338 e. The van der Waals surface area contributed by atoms with Gasteiger partial charge in [-0.2, -0.15) is 0 Å². The van der Waals surface area contributed by atoms with E-state index in [4.69, 9.17) is 4.74 Å². The molecule has 2 aromatic carbocycles. The lowest BCUT2D eigenvalue weighted by molar-refractivity contribution is 0.0104. The number of ether oxygens (including phenoxy) is 1. The summed E-state index contributed by atoms with van der Waals surface area (Å²) in [6.45, 7) is 2.90. The molecule has 1 aliphatic heterocycles. The molecular weight excluding hydrogens is 390 g/mol. The van der Waals surface area contributed by atoms with Crippen molar-refractivity contribution < 1.29 is 9.53 Å². The molecule has 1 fully saturated rings. The van der Waals surface area contributed by atoms with Gasteiger partial charge in [0.2, 0.25) is 0 Å². The third kappa shape index (κ3) is 5.33. The molecule has 1 saturated heterocycles. The fourth-order valence-corrected chi connectivity index (χ4v) is 3.10. The summed E-state index contributed by atoms with van der Waals surface area (Å²) in [5.41, 5.74) is 1.94. The summed E-state index contributed by atoms with van der Waals surface area (Å²) in [5.74, 6) is -0.223. The van der Waals surface area contributed by atoms with E-state index in [1.165, 1.54) is 5.56 Å². The molecular formula is C19H21BrClNO2. The Hall–Kier alpha value is -1.36. The van der Waals surface area contributed by atoms with Crippen molar-refractivity contribution in [3.63, 3.8) is 0 Å². The van der Waals surface area contributed by atoms with Crippen LogP contribution in [0.4, 0.5) is 0 Å². The van der Waals surface area contributed by atoms with E-state index in [9.17, 15) is 4.79 Å². The average molecular weight is 411 g/mol. The molecule has 128 valence electrons. The predicted octanol–water partition coefficient (Wildman–Crippen LogP) is 4.69. The van der Waals surface area contributed by atoms with Crippen LogP contribution in [0.3, 0.4) is 0 Å². The van der Waals surface area contributed by atoms with Crippen molar-refractivity contribution in [1.29, 1.82) is 0 Å². The molecule has 24 heavy (non-hydrogen) atoms. The highest BCUT2D eigenvalue weighted by molar-refractivity contribution is 9.10. The van der Waals surface area contributed by atoms with Crippen LogP contribution in [0.5, 0.6) is 0 Å². The Morgan fingerprint density at radius 2 is 1.67 bits per heavy atom. The van der Waals surface area contributed by atoms with Crippen LogP contribution in [0.1, 0.15) is 28.8 Å². The van der Waals surface area contributed by atoms with E-state index in [0.717, 1.165) is 36.9 Å². The topological polar surface area (TPSA) is 29.5 Å². The molecule has 0 aliphatic carbocycles. The van der Waals surface area contributed by atoms with E-state index in [1.54, 1.807) is 12.1 Å². The fraction of sp³-hybridized carbons (Fsp3) is 0.316. The zero-order valence-corrected chi connectivity index (χ0v) is 15.8. The van der Waals surface area contributed by atoms with E-state index in [2.05, 4.69) is 45.1 Å². The number of esters is 1. The zero-order chi connectivity index (χ0) is 16.1. The SMILES string of the molecule is Cl.O=C(OC1CCN(Cc2ccccc2)CC1)c1ccc(Br)cc1. The number of rotatable bonds is 4. The van der Waals surface area contributed by atoms with Gasteiger partial charge in [-0.3, -0.25) is 4.90 Å². The minimum Gasteiger partial charge on any atom is -0.459 e. The lowest BCUT2D eigenvalue weighted by Crippen LogP contribution is -2.37. The third-order valence-electron chi connectivity index (χ3n) is 4.14. The number of benzene rings is 2. The van der Waals surface area contributed by atoms with Gasteiger partial charge in [-0.05, 0) is 42.7 Å². The summed E-state index contributed by atoms with van der Waals surface area (Å²) >= 11 is 3.37. The highest BCUT2D eigenvalue weighted by Gasteiger charge is 2.22. The predicted molar refractivity (Wildman–Crippen MR) is 102 cm³/mol. The molecule has 2 aromatic rings. The molecule has 0 aromatic heterocycles. The first-order valence-electron chi connectivity index (χ1n) is 7.93. The molecule has 1 heterocycles. The van der Waals surface area contributed by atoms with Crippen LogP contribution >= 0.6 is 28.3 Å². The first-order chi connectivity index (χ1) is 11.2. The second-order valence-electron chi connectivity index (χ2n) is 5.87. The standard InChI is InChI=1S/C19H20BrNO2.ClH/c20-17-8-6-16(7-9-17)19(22)23-18-10-12-21(13-11-18)14-15-4-2-1-3-5-15;/h1-9,18H,10-14H2;1H. The van der Waals surface area contributed by atoms with Gasteiger partial charge in [-0.15, -0.1) is 12.4 Å². The van der Waals surface area contributed by atoms with Crippen molar-refractivity contribution in [3.05, 3.63) is 70.2 Å². The van der Waals surface area contributed by atoms with Crippen LogP contribution in [0.25, 0.3) is 0 Å². The van der Waals surface area contributed by atoms with Gasteiger partial charge in [0.15, 0.2) is 0 Å². The van der Waals surface area contributed by atoms with Crippen molar-refractivity contribution in [1.82, 2.24) is 4.90 Å². The number of nitrogens with zero attached hydrogens (tertiary/aromatic N) is 1. The van der Waals surface area contributed by atoms with Gasteiger partial charge in [0.1, 0.15) is 6.10 Å². The number of hydrogen-bond donors (Lipinski definition) is 0. The van der Waals surface area contributed by atoms with Gasteiger partial charge in [0.05, 0.1) is 5.56 Å². The van der Waals surface area contributed by atoms with Crippen molar-refractivity contribution >= 4 is 34.3 Å². The van der Waals surface area contributed by atoms with Crippen molar-refractivity contribution in [3.8, 4) is 0 Å². The number of halogens is 2. The van der Waals surface area contributed by atoms with E-state index < -0.39 is 0 Å². The molecule has 0 radical (unpaired) electrons. The number of hydrogen-bond acceptors (Lipinski definition) is 3. The molecule has 0 unspecified atom stereocenters. The number of likely N-dealkylation sites (tertiary alicyclic amines) is 1. The molecule has 3 rings (SSSR count). The van der Waals surface area contributed by atoms with Crippen LogP contribution < -0.4 is 0 Å². The van der Waals surface area contributed by atoms with Gasteiger partial charge in [0, 0.05) is 24.1 Å². The summed E-state index contributed by atoms with van der Waals surface area (Å²) in [6, 6.07) is 17.8. The minimum absolute atomic E-state index is 0. The molecule has 0 atom stereocenters. The van der Waals surface area contributed by atoms with Gasteiger partial charge >= 0.3 is 5.97 Å². The summed E-state index contributed by atoms with van der Waals surface area (Å²) in [7, 11) is 0. The summed E-state index contributed by atoms with van der Waals surface area (Å²) < 4.78 is 6.60. The highest BCUT2D eigenvalue weighted by Crippen LogP contribution is 2.18. The monoisotopic (exact) mass is 409 g/mol. The lowest BCUT2D eigenvalue weighted by Gasteiger charge is -2.31. The molecule has 0 spiro atoms. The van der Waals surface area contributed by atoms with Crippen LogP contribution in [0.2, 0.25) is 0 Å². The molecule has 0 bridgehead atoms. The fourth-order valence-electron chi connectivity index (χ4n) is 2.83. The molecule has 5 heteroatoms.